The fourth-order valence-electron chi connectivity index (χ4n) is 1.62. The molecule has 0 aliphatic rings. The molecule has 1 amide bonds. The van der Waals surface area contributed by atoms with Crippen molar-refractivity contribution in [3.8, 4) is 5.75 Å². The lowest BCUT2D eigenvalue weighted by Gasteiger charge is -2.05. The Bertz CT molecular complexity index is 649. The van der Waals surface area contributed by atoms with E-state index in [1.807, 2.05) is 0 Å². The highest BCUT2D eigenvalue weighted by Crippen LogP contribution is 2.22. The molecule has 2 rings (SSSR count). The van der Waals surface area contributed by atoms with Crippen LogP contribution in [-0.2, 0) is 0 Å². The summed E-state index contributed by atoms with van der Waals surface area (Å²) in [6, 6.07) is 8.80. The molecular formula is C14H14N2O3S. The van der Waals surface area contributed by atoms with Gasteiger partial charge in [-0.3, -0.25) is 4.79 Å². The van der Waals surface area contributed by atoms with Crippen molar-refractivity contribution in [2.45, 2.75) is 6.92 Å². The van der Waals surface area contributed by atoms with Gasteiger partial charge in [0.1, 0.15) is 5.75 Å². The molecule has 0 aliphatic heterocycles. The van der Waals surface area contributed by atoms with Crippen molar-refractivity contribution in [1.82, 2.24) is 0 Å². The van der Waals surface area contributed by atoms with Crippen molar-refractivity contribution in [3.05, 3.63) is 46.2 Å². The maximum Gasteiger partial charge on any atom is 0.265 e. The Balaban J connectivity index is 2.15. The van der Waals surface area contributed by atoms with E-state index in [1.165, 1.54) is 11.3 Å². The lowest BCUT2D eigenvalue weighted by atomic mass is 10.1. The van der Waals surface area contributed by atoms with E-state index in [4.69, 9.17) is 9.94 Å². The minimum atomic E-state index is -0.200. The second-order valence-electron chi connectivity index (χ2n) is 4.07. The first-order valence-corrected chi connectivity index (χ1v) is 6.75. The second-order valence-corrected chi connectivity index (χ2v) is 4.98. The third kappa shape index (κ3) is 3.16. The quantitative estimate of drug-likeness (QED) is 0.516. The molecular weight excluding hydrogens is 276 g/mol. The molecule has 0 radical (unpaired) electrons. The molecule has 5 nitrogen and oxygen atoms in total. The topological polar surface area (TPSA) is 70.9 Å². The summed E-state index contributed by atoms with van der Waals surface area (Å²) in [6.07, 6.45) is 0. The monoisotopic (exact) mass is 290 g/mol. The SMILES string of the molecule is COc1csc(C(=O)Nc2cccc(/C(C)=N/O)c2)c1. The number of carbonyl (C=O) groups excluding carboxylic acids is 1. The van der Waals surface area contributed by atoms with E-state index in [1.54, 1.807) is 49.7 Å². The van der Waals surface area contributed by atoms with Crippen LogP contribution >= 0.6 is 11.3 Å². The van der Waals surface area contributed by atoms with E-state index < -0.39 is 0 Å². The van der Waals surface area contributed by atoms with Crippen LogP contribution in [0.2, 0.25) is 0 Å². The van der Waals surface area contributed by atoms with Gasteiger partial charge in [0, 0.05) is 22.7 Å². The van der Waals surface area contributed by atoms with Gasteiger partial charge in [-0.25, -0.2) is 0 Å². The van der Waals surface area contributed by atoms with Gasteiger partial charge in [0.2, 0.25) is 0 Å². The van der Waals surface area contributed by atoms with Crippen LogP contribution in [0, 0.1) is 0 Å². The molecule has 2 aromatic rings. The molecule has 104 valence electrons. The highest BCUT2D eigenvalue weighted by atomic mass is 32.1. The van der Waals surface area contributed by atoms with Gasteiger partial charge in [0.15, 0.2) is 0 Å². The molecule has 0 spiro atoms. The molecule has 1 aromatic heterocycles. The zero-order valence-electron chi connectivity index (χ0n) is 11.1. The van der Waals surface area contributed by atoms with Gasteiger partial charge >= 0.3 is 0 Å². The van der Waals surface area contributed by atoms with Gasteiger partial charge in [-0.1, -0.05) is 17.3 Å². The van der Waals surface area contributed by atoms with E-state index in [9.17, 15) is 4.79 Å². The first-order chi connectivity index (χ1) is 9.63. The molecule has 0 bridgehead atoms. The normalized spacial score (nSPS) is 11.2. The van der Waals surface area contributed by atoms with Crippen molar-refractivity contribution in [3.63, 3.8) is 0 Å². The molecule has 6 heteroatoms. The summed E-state index contributed by atoms with van der Waals surface area (Å²) in [4.78, 5) is 12.6. The van der Waals surface area contributed by atoms with Crippen molar-refractivity contribution in [1.29, 1.82) is 0 Å². The number of nitrogens with one attached hydrogen (secondary N) is 1. The van der Waals surface area contributed by atoms with Gasteiger partial charge in [0.25, 0.3) is 5.91 Å². The first-order valence-electron chi connectivity index (χ1n) is 5.87. The van der Waals surface area contributed by atoms with Crippen molar-refractivity contribution >= 4 is 28.6 Å². The number of methoxy groups -OCH3 is 1. The zero-order chi connectivity index (χ0) is 14.5. The predicted octanol–water partition coefficient (Wildman–Crippen LogP) is 3.21. The van der Waals surface area contributed by atoms with Gasteiger partial charge in [-0.2, -0.15) is 0 Å². The smallest absolute Gasteiger partial charge is 0.265 e. The lowest BCUT2D eigenvalue weighted by Crippen LogP contribution is -2.10. The van der Waals surface area contributed by atoms with Crippen LogP contribution in [0.3, 0.4) is 0 Å². The maximum absolute atomic E-state index is 12.1. The third-order valence-corrected chi connectivity index (χ3v) is 3.63. The number of nitrogens with zero attached hydrogens (tertiary/aromatic N) is 1. The Hall–Kier alpha value is -2.34. The Kier molecular flexibility index (Phi) is 4.37. The van der Waals surface area contributed by atoms with Crippen LogP contribution in [0.25, 0.3) is 0 Å². The number of anilines is 1. The molecule has 2 N–H and O–H groups in total. The fourth-order valence-corrected chi connectivity index (χ4v) is 2.37. The first kappa shape index (κ1) is 14.1. The third-order valence-electron chi connectivity index (χ3n) is 2.72. The number of benzene rings is 1. The summed E-state index contributed by atoms with van der Waals surface area (Å²) in [5, 5.41) is 16.5. The average Bonchev–Trinajstić information content (AvgIpc) is 2.95. The van der Waals surface area contributed by atoms with E-state index in [0.717, 1.165) is 5.56 Å². The van der Waals surface area contributed by atoms with Gasteiger partial charge < -0.3 is 15.3 Å². The highest BCUT2D eigenvalue weighted by Gasteiger charge is 2.10. The number of oxime groups is 1. The number of amides is 1. The Morgan fingerprint density at radius 1 is 1.40 bits per heavy atom. The molecule has 0 saturated heterocycles. The van der Waals surface area contributed by atoms with Crippen LogP contribution in [0.1, 0.15) is 22.2 Å². The second kappa shape index (κ2) is 6.21. The molecule has 0 atom stereocenters. The number of rotatable bonds is 4. The van der Waals surface area contributed by atoms with E-state index in [-0.39, 0.29) is 5.91 Å². The molecule has 0 unspecified atom stereocenters. The van der Waals surface area contributed by atoms with Crippen LogP contribution in [0.5, 0.6) is 5.75 Å². The highest BCUT2D eigenvalue weighted by molar-refractivity contribution is 7.12. The minimum Gasteiger partial charge on any atom is -0.496 e. The molecule has 20 heavy (non-hydrogen) atoms. The van der Waals surface area contributed by atoms with Crippen molar-refractivity contribution in [2.24, 2.45) is 5.16 Å². The number of hydrogen-bond donors (Lipinski definition) is 2. The number of thiophene rings is 1. The van der Waals surface area contributed by atoms with Crippen LogP contribution in [0.15, 0.2) is 40.9 Å². The van der Waals surface area contributed by atoms with E-state index in [2.05, 4.69) is 10.5 Å². The van der Waals surface area contributed by atoms with Gasteiger partial charge in [-0.05, 0) is 19.1 Å². The van der Waals surface area contributed by atoms with E-state index in [0.29, 0.717) is 22.0 Å². The summed E-state index contributed by atoms with van der Waals surface area (Å²) in [6.45, 7) is 1.69. The predicted molar refractivity (Wildman–Crippen MR) is 79.3 cm³/mol. The van der Waals surface area contributed by atoms with Gasteiger partial charge in [0.05, 0.1) is 17.7 Å². The molecule has 1 heterocycles. The van der Waals surface area contributed by atoms with Crippen molar-refractivity contribution < 1.29 is 14.7 Å². The van der Waals surface area contributed by atoms with Crippen LogP contribution in [-0.4, -0.2) is 23.9 Å². The molecule has 0 aliphatic carbocycles. The summed E-state index contributed by atoms with van der Waals surface area (Å²) < 4.78 is 5.05. The minimum absolute atomic E-state index is 0.200. The number of ether oxygens (including phenoxy) is 1. The van der Waals surface area contributed by atoms with Gasteiger partial charge in [-0.15, -0.1) is 11.3 Å². The lowest BCUT2D eigenvalue weighted by molar-refractivity contribution is 0.103. The number of carbonyl (C=O) groups is 1. The summed E-state index contributed by atoms with van der Waals surface area (Å²) in [5.74, 6) is 0.464. The zero-order valence-corrected chi connectivity index (χ0v) is 11.9. The standard InChI is InChI=1S/C14H14N2O3S/c1-9(16-18)10-4-3-5-11(6-10)15-14(17)13-7-12(19-2)8-20-13/h3-8,18H,1-2H3,(H,15,17)/b16-9+. The van der Waals surface area contributed by atoms with Crippen LogP contribution in [0.4, 0.5) is 5.69 Å². The summed E-state index contributed by atoms with van der Waals surface area (Å²) >= 11 is 1.32. The number of hydrogen-bond acceptors (Lipinski definition) is 5. The fraction of sp³-hybridized carbons (Fsp3) is 0.143. The maximum atomic E-state index is 12.1. The largest absolute Gasteiger partial charge is 0.496 e. The Morgan fingerprint density at radius 2 is 2.20 bits per heavy atom. The Morgan fingerprint density at radius 3 is 2.85 bits per heavy atom. The molecule has 1 aromatic carbocycles. The average molecular weight is 290 g/mol. The van der Waals surface area contributed by atoms with Crippen molar-refractivity contribution in [2.75, 3.05) is 12.4 Å². The molecule has 0 fully saturated rings. The van der Waals surface area contributed by atoms with Crippen LogP contribution < -0.4 is 10.1 Å². The summed E-state index contributed by atoms with van der Waals surface area (Å²) in [5.41, 5.74) is 1.87. The Labute approximate surface area is 120 Å². The molecule has 0 saturated carbocycles. The van der Waals surface area contributed by atoms with E-state index >= 15 is 0 Å². The summed E-state index contributed by atoms with van der Waals surface area (Å²) in [7, 11) is 1.56.